The van der Waals surface area contributed by atoms with Gasteiger partial charge >= 0.3 is 6.09 Å². The van der Waals surface area contributed by atoms with Gasteiger partial charge in [-0.2, -0.15) is 0 Å². The summed E-state index contributed by atoms with van der Waals surface area (Å²) in [5.41, 5.74) is 6.71. The van der Waals surface area contributed by atoms with E-state index in [0.29, 0.717) is 11.6 Å². The number of halogens is 1. The van der Waals surface area contributed by atoms with Crippen LogP contribution < -0.4 is 11.1 Å². The third-order valence-corrected chi connectivity index (χ3v) is 2.16. The second kappa shape index (κ2) is 5.58. The summed E-state index contributed by atoms with van der Waals surface area (Å²) in [5.74, 6) is 0. The molecule has 1 unspecified atom stereocenters. The van der Waals surface area contributed by atoms with Crippen molar-refractivity contribution in [3.8, 4) is 0 Å². The molecule has 1 aromatic carbocycles. The number of benzene rings is 1. The molecule has 0 bridgehead atoms. The molecule has 0 spiro atoms. The third kappa shape index (κ3) is 3.77. The van der Waals surface area contributed by atoms with Gasteiger partial charge in [0.2, 0.25) is 0 Å². The predicted octanol–water partition coefficient (Wildman–Crippen LogP) is 1.70. The van der Waals surface area contributed by atoms with E-state index in [2.05, 4.69) is 10.1 Å². The molecule has 0 radical (unpaired) electrons. The van der Waals surface area contributed by atoms with Crippen molar-refractivity contribution in [3.05, 3.63) is 34.9 Å². The molecule has 0 aliphatic carbocycles. The lowest BCUT2D eigenvalue weighted by Crippen LogP contribution is -2.31. The van der Waals surface area contributed by atoms with E-state index in [1.807, 2.05) is 12.1 Å². The summed E-state index contributed by atoms with van der Waals surface area (Å²) in [7, 11) is 1.31. The molecule has 3 N–H and O–H groups in total. The largest absolute Gasteiger partial charge is 0.453 e. The summed E-state index contributed by atoms with van der Waals surface area (Å²) >= 11 is 5.81. The Bertz CT molecular complexity index is 344. The molecule has 0 aliphatic heterocycles. The lowest BCUT2D eigenvalue weighted by molar-refractivity contribution is 0.170. The van der Waals surface area contributed by atoms with E-state index < -0.39 is 6.09 Å². The number of amides is 1. The van der Waals surface area contributed by atoms with Gasteiger partial charge < -0.3 is 15.8 Å². The molecule has 4 nitrogen and oxygen atoms in total. The molecule has 0 heterocycles. The average Bonchev–Trinajstić information content (AvgIpc) is 2.25. The van der Waals surface area contributed by atoms with E-state index in [-0.39, 0.29) is 6.04 Å². The maximum atomic E-state index is 10.8. The van der Waals surface area contributed by atoms with Crippen LogP contribution in [0.15, 0.2) is 24.3 Å². The fourth-order valence-electron chi connectivity index (χ4n) is 1.12. The number of methoxy groups -OCH3 is 1. The standard InChI is InChI=1S/C10H13ClN2O2/c1-15-10(14)13-6-9(12)7-3-2-4-8(11)5-7/h2-5,9H,6,12H2,1H3,(H,13,14). The number of nitrogens with two attached hydrogens (primary N) is 1. The highest BCUT2D eigenvalue weighted by molar-refractivity contribution is 6.30. The second-order valence-corrected chi connectivity index (χ2v) is 3.47. The number of carbonyl (C=O) groups is 1. The number of rotatable bonds is 3. The molecule has 0 fully saturated rings. The van der Waals surface area contributed by atoms with Crippen LogP contribution >= 0.6 is 11.6 Å². The molecular weight excluding hydrogens is 216 g/mol. The zero-order valence-corrected chi connectivity index (χ0v) is 9.12. The van der Waals surface area contributed by atoms with E-state index in [4.69, 9.17) is 17.3 Å². The van der Waals surface area contributed by atoms with Crippen molar-refractivity contribution in [1.29, 1.82) is 0 Å². The van der Waals surface area contributed by atoms with Crippen LogP contribution in [0.5, 0.6) is 0 Å². The van der Waals surface area contributed by atoms with E-state index in [1.165, 1.54) is 7.11 Å². The predicted molar refractivity (Wildman–Crippen MR) is 58.8 cm³/mol. The van der Waals surface area contributed by atoms with Gasteiger partial charge in [-0.1, -0.05) is 23.7 Å². The van der Waals surface area contributed by atoms with Crippen molar-refractivity contribution in [2.45, 2.75) is 6.04 Å². The van der Waals surface area contributed by atoms with Gasteiger partial charge in [0.25, 0.3) is 0 Å². The van der Waals surface area contributed by atoms with Gasteiger partial charge in [-0.25, -0.2) is 4.79 Å². The number of alkyl carbamates (subject to hydrolysis) is 1. The van der Waals surface area contributed by atoms with Gasteiger partial charge in [0.15, 0.2) is 0 Å². The van der Waals surface area contributed by atoms with Gasteiger partial charge in [0, 0.05) is 17.6 Å². The Morgan fingerprint density at radius 2 is 2.40 bits per heavy atom. The highest BCUT2D eigenvalue weighted by Crippen LogP contribution is 2.15. The molecule has 0 saturated heterocycles. The first-order valence-electron chi connectivity index (χ1n) is 4.46. The van der Waals surface area contributed by atoms with Gasteiger partial charge in [-0.3, -0.25) is 0 Å². The Kier molecular flexibility index (Phi) is 4.39. The first-order valence-corrected chi connectivity index (χ1v) is 4.84. The maximum Gasteiger partial charge on any atom is 0.406 e. The fourth-order valence-corrected chi connectivity index (χ4v) is 1.32. The number of nitrogens with one attached hydrogen (secondary N) is 1. The molecule has 0 aromatic heterocycles. The Morgan fingerprint density at radius 1 is 1.67 bits per heavy atom. The van der Waals surface area contributed by atoms with Crippen molar-refractivity contribution in [2.24, 2.45) is 5.73 Å². The molecule has 5 heteroatoms. The summed E-state index contributed by atoms with van der Waals surface area (Å²) in [6.45, 7) is 0.313. The summed E-state index contributed by atoms with van der Waals surface area (Å²) < 4.78 is 4.43. The van der Waals surface area contributed by atoms with Crippen LogP contribution in [-0.4, -0.2) is 19.7 Å². The van der Waals surface area contributed by atoms with E-state index in [1.54, 1.807) is 12.1 Å². The van der Waals surface area contributed by atoms with Gasteiger partial charge in [-0.05, 0) is 17.7 Å². The second-order valence-electron chi connectivity index (χ2n) is 3.03. The van der Waals surface area contributed by atoms with Crippen LogP contribution in [0.1, 0.15) is 11.6 Å². The lowest BCUT2D eigenvalue weighted by atomic mass is 10.1. The molecule has 1 atom stereocenters. The molecule has 1 aromatic rings. The van der Waals surface area contributed by atoms with Crippen LogP contribution in [0.3, 0.4) is 0 Å². The molecule has 1 rings (SSSR count). The highest BCUT2D eigenvalue weighted by Gasteiger charge is 2.07. The third-order valence-electron chi connectivity index (χ3n) is 1.93. The molecule has 0 aliphatic rings. The van der Waals surface area contributed by atoms with Gasteiger partial charge in [0.1, 0.15) is 0 Å². The number of hydrogen-bond donors (Lipinski definition) is 2. The average molecular weight is 229 g/mol. The van der Waals surface area contributed by atoms with E-state index >= 15 is 0 Å². The smallest absolute Gasteiger partial charge is 0.406 e. The Hall–Kier alpha value is -1.26. The van der Waals surface area contributed by atoms with Crippen molar-refractivity contribution in [3.63, 3.8) is 0 Å². The molecule has 1 amide bonds. The van der Waals surface area contributed by atoms with Crippen molar-refractivity contribution in [1.82, 2.24) is 5.32 Å². The highest BCUT2D eigenvalue weighted by atomic mass is 35.5. The van der Waals surface area contributed by atoms with Gasteiger partial charge in [0.05, 0.1) is 7.11 Å². The number of hydrogen-bond acceptors (Lipinski definition) is 3. The summed E-state index contributed by atoms with van der Waals surface area (Å²) in [6, 6.07) is 6.92. The van der Waals surface area contributed by atoms with Crippen LogP contribution in [0, 0.1) is 0 Å². The first kappa shape index (κ1) is 11.8. The van der Waals surface area contributed by atoms with Gasteiger partial charge in [-0.15, -0.1) is 0 Å². The molecule has 0 saturated carbocycles. The molecule has 82 valence electrons. The Morgan fingerprint density at radius 3 is 3.00 bits per heavy atom. The Balaban J connectivity index is 2.53. The number of carbonyl (C=O) groups excluding carboxylic acids is 1. The monoisotopic (exact) mass is 228 g/mol. The SMILES string of the molecule is COC(=O)NCC(N)c1cccc(Cl)c1. The van der Waals surface area contributed by atoms with Crippen LogP contribution in [-0.2, 0) is 4.74 Å². The minimum absolute atomic E-state index is 0.289. The summed E-state index contributed by atoms with van der Waals surface area (Å²) in [6.07, 6.45) is -0.493. The summed E-state index contributed by atoms with van der Waals surface area (Å²) in [5, 5.41) is 3.15. The van der Waals surface area contributed by atoms with Crippen molar-refractivity contribution >= 4 is 17.7 Å². The zero-order chi connectivity index (χ0) is 11.3. The van der Waals surface area contributed by atoms with E-state index in [0.717, 1.165) is 5.56 Å². The summed E-state index contributed by atoms with van der Waals surface area (Å²) in [4.78, 5) is 10.8. The normalized spacial score (nSPS) is 11.9. The van der Waals surface area contributed by atoms with Crippen LogP contribution in [0.25, 0.3) is 0 Å². The van der Waals surface area contributed by atoms with Crippen molar-refractivity contribution in [2.75, 3.05) is 13.7 Å². The van der Waals surface area contributed by atoms with Crippen molar-refractivity contribution < 1.29 is 9.53 Å². The maximum absolute atomic E-state index is 10.8. The minimum Gasteiger partial charge on any atom is -0.453 e. The zero-order valence-electron chi connectivity index (χ0n) is 8.37. The fraction of sp³-hybridized carbons (Fsp3) is 0.300. The quantitative estimate of drug-likeness (QED) is 0.828. The van der Waals surface area contributed by atoms with E-state index in [9.17, 15) is 4.79 Å². The Labute approximate surface area is 93.4 Å². The molecular formula is C10H13ClN2O2. The first-order chi connectivity index (χ1) is 7.13. The number of ether oxygens (including phenoxy) is 1. The van der Waals surface area contributed by atoms with Crippen LogP contribution in [0.2, 0.25) is 5.02 Å². The lowest BCUT2D eigenvalue weighted by Gasteiger charge is -2.12. The minimum atomic E-state index is -0.493. The topological polar surface area (TPSA) is 64.3 Å². The van der Waals surface area contributed by atoms with Crippen LogP contribution in [0.4, 0.5) is 4.79 Å². The molecule has 15 heavy (non-hydrogen) atoms.